The van der Waals surface area contributed by atoms with Crippen LogP contribution in [0.4, 0.5) is 11.5 Å². The molecule has 0 amide bonds. The molecule has 1 aliphatic rings. The van der Waals surface area contributed by atoms with Gasteiger partial charge >= 0.3 is 11.7 Å². The van der Waals surface area contributed by atoms with Gasteiger partial charge in [0.15, 0.2) is 0 Å². The number of nitrogens with zero attached hydrogens (tertiary/aromatic N) is 4. The van der Waals surface area contributed by atoms with E-state index in [9.17, 15) is 14.9 Å². The van der Waals surface area contributed by atoms with Gasteiger partial charge in [-0.25, -0.2) is 4.68 Å². The Morgan fingerprint density at radius 2 is 2.25 bits per heavy atom. The molecule has 0 unspecified atom stereocenters. The maximum absolute atomic E-state index is 11.3. The largest absolute Gasteiger partial charge is 0.480 e. The highest BCUT2D eigenvalue weighted by Gasteiger charge is 2.38. The van der Waals surface area contributed by atoms with Crippen LogP contribution >= 0.6 is 0 Å². The first kappa shape index (κ1) is 14.3. The molecule has 1 heterocycles. The summed E-state index contributed by atoms with van der Waals surface area (Å²) in [6, 6.07) is 0.0645. The first-order valence-corrected chi connectivity index (χ1v) is 6.64. The molecule has 1 aromatic heterocycles. The van der Waals surface area contributed by atoms with Gasteiger partial charge in [-0.3, -0.25) is 14.9 Å². The zero-order valence-electron chi connectivity index (χ0n) is 11.6. The van der Waals surface area contributed by atoms with Crippen LogP contribution < -0.4 is 4.90 Å². The van der Waals surface area contributed by atoms with Gasteiger partial charge in [0.25, 0.3) is 0 Å². The van der Waals surface area contributed by atoms with Crippen LogP contribution in [-0.4, -0.2) is 38.4 Å². The second kappa shape index (κ2) is 5.48. The van der Waals surface area contributed by atoms with E-state index in [1.54, 1.807) is 11.9 Å². The number of rotatable bonds is 7. The maximum atomic E-state index is 11.3. The Hall–Kier alpha value is -2.12. The molecule has 1 fully saturated rings. The predicted molar refractivity (Wildman–Crippen MR) is 71.9 cm³/mol. The third-order valence-corrected chi connectivity index (χ3v) is 3.30. The summed E-state index contributed by atoms with van der Waals surface area (Å²) in [6.45, 7) is 1.69. The van der Waals surface area contributed by atoms with Crippen LogP contribution in [0.1, 0.15) is 31.9 Å². The first-order chi connectivity index (χ1) is 9.45. The summed E-state index contributed by atoms with van der Waals surface area (Å²) in [5.41, 5.74) is 0.369. The zero-order valence-corrected chi connectivity index (χ0v) is 11.6. The fourth-order valence-electron chi connectivity index (χ4n) is 2.38. The van der Waals surface area contributed by atoms with E-state index in [1.807, 2.05) is 6.92 Å². The van der Waals surface area contributed by atoms with Gasteiger partial charge in [-0.1, -0.05) is 13.3 Å². The molecule has 1 aliphatic carbocycles. The lowest BCUT2D eigenvalue weighted by atomic mass is 10.2. The molecule has 2 rings (SSSR count). The minimum absolute atomic E-state index is 0.0532. The Kier molecular flexibility index (Phi) is 3.91. The molecule has 1 N–H and O–H groups in total. The van der Waals surface area contributed by atoms with Crippen molar-refractivity contribution >= 4 is 17.5 Å². The molecule has 0 aliphatic heterocycles. The summed E-state index contributed by atoms with van der Waals surface area (Å²) in [6.07, 6.45) is 2.98. The Morgan fingerprint density at radius 3 is 2.70 bits per heavy atom. The van der Waals surface area contributed by atoms with E-state index in [0.717, 1.165) is 19.3 Å². The molecule has 0 radical (unpaired) electrons. The van der Waals surface area contributed by atoms with E-state index in [4.69, 9.17) is 5.11 Å². The number of hydrogen-bond donors (Lipinski definition) is 1. The number of carboxylic acid groups (broad SMARTS) is 1. The molecule has 0 bridgehead atoms. The third kappa shape index (κ3) is 2.73. The monoisotopic (exact) mass is 282 g/mol. The van der Waals surface area contributed by atoms with Crippen LogP contribution in [0.25, 0.3) is 0 Å². The van der Waals surface area contributed by atoms with E-state index in [2.05, 4.69) is 5.10 Å². The molecule has 0 spiro atoms. The molecule has 0 aromatic carbocycles. The van der Waals surface area contributed by atoms with Crippen LogP contribution in [0.3, 0.4) is 0 Å². The molecule has 8 nitrogen and oxygen atoms in total. The number of nitro groups is 1. The molecule has 0 saturated heterocycles. The summed E-state index contributed by atoms with van der Waals surface area (Å²) in [5.74, 6) is -0.687. The van der Waals surface area contributed by atoms with Crippen LogP contribution in [0.5, 0.6) is 0 Å². The normalized spacial score (nSPS) is 14.3. The average Bonchev–Trinajstić information content (AvgIpc) is 3.11. The predicted octanol–water partition coefficient (Wildman–Crippen LogP) is 1.33. The fraction of sp³-hybridized carbons (Fsp3) is 0.667. The van der Waals surface area contributed by atoms with Gasteiger partial charge in [0, 0.05) is 13.1 Å². The van der Waals surface area contributed by atoms with Gasteiger partial charge in [-0.2, -0.15) is 5.10 Å². The van der Waals surface area contributed by atoms with Crippen molar-refractivity contribution in [3.63, 3.8) is 0 Å². The number of hydrogen-bond acceptors (Lipinski definition) is 5. The van der Waals surface area contributed by atoms with Crippen molar-refractivity contribution in [2.24, 2.45) is 7.05 Å². The van der Waals surface area contributed by atoms with E-state index in [0.29, 0.717) is 17.9 Å². The smallest absolute Gasteiger partial charge is 0.334 e. The lowest BCUT2D eigenvalue weighted by Gasteiger charge is -2.21. The fourth-order valence-corrected chi connectivity index (χ4v) is 2.38. The highest BCUT2D eigenvalue weighted by molar-refractivity contribution is 5.76. The van der Waals surface area contributed by atoms with Crippen LogP contribution in [0.2, 0.25) is 0 Å². The Bertz CT molecular complexity index is 536. The molecule has 0 atom stereocenters. The average molecular weight is 282 g/mol. The second-order valence-corrected chi connectivity index (χ2v) is 5.00. The summed E-state index contributed by atoms with van der Waals surface area (Å²) >= 11 is 0. The summed E-state index contributed by atoms with van der Waals surface area (Å²) in [5, 5.41) is 24.6. The lowest BCUT2D eigenvalue weighted by molar-refractivity contribution is -0.384. The SMILES string of the molecule is CCCc1nn(C)c(N(CC(=O)O)C2CC2)c1[N+](=O)[O-]. The molecule has 1 saturated carbocycles. The minimum atomic E-state index is -0.996. The van der Waals surface area contributed by atoms with Gasteiger partial charge in [-0.05, 0) is 19.3 Å². The summed E-state index contributed by atoms with van der Waals surface area (Å²) in [7, 11) is 1.62. The van der Waals surface area contributed by atoms with Gasteiger partial charge < -0.3 is 10.0 Å². The van der Waals surface area contributed by atoms with Gasteiger partial charge in [-0.15, -0.1) is 0 Å². The van der Waals surface area contributed by atoms with Crippen molar-refractivity contribution in [1.29, 1.82) is 0 Å². The first-order valence-electron chi connectivity index (χ1n) is 6.64. The topological polar surface area (TPSA) is 102 Å². The zero-order chi connectivity index (χ0) is 14.9. The van der Waals surface area contributed by atoms with E-state index < -0.39 is 10.9 Å². The number of carboxylic acids is 1. The molecule has 110 valence electrons. The number of aryl methyl sites for hydroxylation is 2. The summed E-state index contributed by atoms with van der Waals surface area (Å²) < 4.78 is 1.43. The van der Waals surface area contributed by atoms with E-state index in [1.165, 1.54) is 4.68 Å². The van der Waals surface area contributed by atoms with Crippen molar-refractivity contribution in [2.75, 3.05) is 11.4 Å². The van der Waals surface area contributed by atoms with Crippen molar-refractivity contribution in [1.82, 2.24) is 9.78 Å². The Balaban J connectivity index is 2.46. The minimum Gasteiger partial charge on any atom is -0.480 e. The van der Waals surface area contributed by atoms with Crippen molar-refractivity contribution in [3.05, 3.63) is 15.8 Å². The van der Waals surface area contributed by atoms with Gasteiger partial charge in [0.1, 0.15) is 12.2 Å². The van der Waals surface area contributed by atoms with Gasteiger partial charge in [0.2, 0.25) is 5.82 Å². The number of aromatic nitrogens is 2. The highest BCUT2D eigenvalue weighted by atomic mass is 16.6. The summed E-state index contributed by atoms with van der Waals surface area (Å²) in [4.78, 5) is 23.5. The molecule has 8 heteroatoms. The Labute approximate surface area is 116 Å². The molecular formula is C12H18N4O4. The van der Waals surface area contributed by atoms with Gasteiger partial charge in [0.05, 0.1) is 4.92 Å². The van der Waals surface area contributed by atoms with Crippen LogP contribution in [-0.2, 0) is 18.3 Å². The Morgan fingerprint density at radius 1 is 1.60 bits per heavy atom. The molecule has 1 aromatic rings. The highest BCUT2D eigenvalue weighted by Crippen LogP contribution is 2.38. The van der Waals surface area contributed by atoms with E-state index in [-0.39, 0.29) is 18.3 Å². The number of aliphatic carboxylic acids is 1. The van der Waals surface area contributed by atoms with Crippen molar-refractivity contribution < 1.29 is 14.8 Å². The number of carbonyl (C=O) groups is 1. The molecule has 20 heavy (non-hydrogen) atoms. The van der Waals surface area contributed by atoms with Crippen LogP contribution in [0.15, 0.2) is 0 Å². The lowest BCUT2D eigenvalue weighted by Crippen LogP contribution is -2.33. The molecular weight excluding hydrogens is 264 g/mol. The van der Waals surface area contributed by atoms with E-state index >= 15 is 0 Å². The maximum Gasteiger partial charge on any atom is 0.334 e. The van der Waals surface area contributed by atoms with Crippen molar-refractivity contribution in [2.45, 2.75) is 38.6 Å². The second-order valence-electron chi connectivity index (χ2n) is 5.00. The van der Waals surface area contributed by atoms with Crippen molar-refractivity contribution in [3.8, 4) is 0 Å². The third-order valence-electron chi connectivity index (χ3n) is 3.30. The number of anilines is 1. The standard InChI is InChI=1S/C12H18N4O4/c1-3-4-9-11(16(19)20)12(14(2)13-9)15(7-10(17)18)8-5-6-8/h8H,3-7H2,1-2H3,(H,17,18). The van der Waals surface area contributed by atoms with Crippen LogP contribution in [0, 0.1) is 10.1 Å². The quantitative estimate of drug-likeness (QED) is 0.598.